The molecule has 0 spiro atoms. The lowest BCUT2D eigenvalue weighted by Crippen LogP contribution is -2.41. The highest BCUT2D eigenvalue weighted by atomic mass is 16.6. The molecule has 2 rings (SSSR count). The number of carbonyl (C=O) groups is 3. The van der Waals surface area contributed by atoms with Crippen molar-refractivity contribution in [2.24, 2.45) is 0 Å². The van der Waals surface area contributed by atoms with Crippen molar-refractivity contribution in [3.63, 3.8) is 0 Å². The van der Waals surface area contributed by atoms with Crippen LogP contribution in [0.25, 0.3) is 0 Å². The number of benzene rings is 2. The molecule has 41 heavy (non-hydrogen) atoms. The van der Waals surface area contributed by atoms with Crippen LogP contribution < -0.4 is 21.0 Å². The topological polar surface area (TPSA) is 269 Å². The molecule has 1 unspecified atom stereocenters. The van der Waals surface area contributed by atoms with Gasteiger partial charge in [0.2, 0.25) is 0 Å². The average Bonchev–Trinajstić information content (AvgIpc) is 2.90. The minimum absolute atomic E-state index is 0.0429. The molecule has 0 bridgehead atoms. The molecule has 1 atom stereocenters. The van der Waals surface area contributed by atoms with Gasteiger partial charge < -0.3 is 30.7 Å². The summed E-state index contributed by atoms with van der Waals surface area (Å²) in [5, 5.41) is 66.7. The van der Waals surface area contributed by atoms with Crippen LogP contribution in [0.1, 0.15) is 40.0 Å². The molecule has 5 N–H and O–H groups in total. The van der Waals surface area contributed by atoms with Gasteiger partial charge in [0.25, 0.3) is 28.9 Å². The second-order valence-electron chi connectivity index (χ2n) is 8.83. The fourth-order valence-electron chi connectivity index (χ4n) is 3.77. The molecule has 0 aliphatic carbocycles. The number of aliphatic carboxylic acids is 1. The minimum atomic E-state index is -2.12. The first-order chi connectivity index (χ1) is 19.1. The van der Waals surface area contributed by atoms with Crippen molar-refractivity contribution in [2.45, 2.75) is 25.3 Å². The lowest BCUT2D eigenvalue weighted by atomic mass is 9.79. The number of carboxylic acid groups (broad SMARTS) is 1. The Morgan fingerprint density at radius 2 is 1.44 bits per heavy atom. The summed E-state index contributed by atoms with van der Waals surface area (Å²) in [6.45, 7) is -0.0429. The van der Waals surface area contributed by atoms with Crippen LogP contribution in [0.2, 0.25) is 0 Å². The normalized spacial score (nSPS) is 11.2. The van der Waals surface area contributed by atoms with Gasteiger partial charge in [-0.1, -0.05) is 0 Å². The number of rotatable bonds is 14. The van der Waals surface area contributed by atoms with Gasteiger partial charge in [-0.25, -0.2) is 4.79 Å². The zero-order valence-corrected chi connectivity index (χ0v) is 21.7. The van der Waals surface area contributed by atoms with Gasteiger partial charge in [-0.15, -0.1) is 0 Å². The summed E-state index contributed by atoms with van der Waals surface area (Å²) in [6.07, 6.45) is 0.200. The number of amides is 2. The van der Waals surface area contributed by atoms with Gasteiger partial charge in [0.05, 0.1) is 20.3 Å². The van der Waals surface area contributed by atoms with Gasteiger partial charge in [0, 0.05) is 50.5 Å². The summed E-state index contributed by atoms with van der Waals surface area (Å²) in [5.74, 6) is -3.27. The number of unbranched alkanes of at least 4 members (excludes halogenated alkanes) is 1. The van der Waals surface area contributed by atoms with Crippen LogP contribution in [-0.2, 0) is 4.79 Å². The standard InChI is InChI=1S/C22H25BN6O12/c1-26(2)19-17(28(38)39)9-13(10-18(19)29(40)41)20(30)24-6-4-3-5-16(22(32)33)25-21(31)12-7-14(23(34)35)11-15(8-12)27(36)37/h7-11,16,34-35H,3-6H2,1-2H3,(H,24,30)(H,25,31)(H,32,33). The van der Waals surface area contributed by atoms with E-state index < -0.39 is 62.8 Å². The quantitative estimate of drug-likeness (QED) is 0.0855. The van der Waals surface area contributed by atoms with Crippen LogP contribution in [0.3, 0.4) is 0 Å². The maximum Gasteiger partial charge on any atom is 0.488 e. The Labute approximate surface area is 231 Å². The highest BCUT2D eigenvalue weighted by Gasteiger charge is 2.30. The third-order valence-electron chi connectivity index (χ3n) is 5.69. The van der Waals surface area contributed by atoms with E-state index in [1.807, 2.05) is 0 Å². The SMILES string of the molecule is CN(C)c1c([N+](=O)[O-])cc(C(=O)NCCCCC(NC(=O)c2cc(B(O)O)cc([N+](=O)[O-])c2)C(=O)O)cc1[N+](=O)[O-]. The van der Waals surface area contributed by atoms with E-state index in [0.717, 1.165) is 30.3 Å². The molecule has 0 aliphatic rings. The molecule has 18 nitrogen and oxygen atoms in total. The van der Waals surface area contributed by atoms with Crippen molar-refractivity contribution in [3.8, 4) is 0 Å². The van der Waals surface area contributed by atoms with E-state index in [2.05, 4.69) is 10.6 Å². The van der Waals surface area contributed by atoms with Crippen molar-refractivity contribution < 1.29 is 44.3 Å². The number of nitrogens with one attached hydrogen (secondary N) is 2. The third-order valence-corrected chi connectivity index (χ3v) is 5.69. The fraction of sp³-hybridized carbons (Fsp3) is 0.318. The minimum Gasteiger partial charge on any atom is -0.480 e. The van der Waals surface area contributed by atoms with Crippen LogP contribution in [0.15, 0.2) is 30.3 Å². The van der Waals surface area contributed by atoms with Gasteiger partial charge in [-0.2, -0.15) is 0 Å². The van der Waals surface area contributed by atoms with Gasteiger partial charge in [0.15, 0.2) is 5.69 Å². The molecule has 0 heterocycles. The first-order valence-corrected chi connectivity index (χ1v) is 11.8. The number of hydrogen-bond donors (Lipinski definition) is 5. The molecule has 0 radical (unpaired) electrons. The van der Waals surface area contributed by atoms with E-state index in [9.17, 15) is 59.9 Å². The number of non-ortho nitro benzene ring substituents is 1. The van der Waals surface area contributed by atoms with Gasteiger partial charge in [-0.05, 0) is 30.8 Å². The second-order valence-corrected chi connectivity index (χ2v) is 8.83. The Morgan fingerprint density at radius 1 is 0.878 bits per heavy atom. The van der Waals surface area contributed by atoms with Gasteiger partial charge >= 0.3 is 13.1 Å². The first kappa shape index (κ1) is 32.0. The van der Waals surface area contributed by atoms with E-state index in [1.165, 1.54) is 19.0 Å². The highest BCUT2D eigenvalue weighted by Crippen LogP contribution is 2.37. The molecule has 19 heteroatoms. The van der Waals surface area contributed by atoms with Crippen LogP contribution >= 0.6 is 0 Å². The largest absolute Gasteiger partial charge is 0.488 e. The van der Waals surface area contributed by atoms with Crippen molar-refractivity contribution in [1.29, 1.82) is 0 Å². The van der Waals surface area contributed by atoms with Crippen molar-refractivity contribution in [3.05, 3.63) is 71.8 Å². The Hall–Kier alpha value is -5.17. The number of carbonyl (C=O) groups excluding carboxylic acids is 2. The van der Waals surface area contributed by atoms with Crippen LogP contribution in [0, 0.1) is 30.3 Å². The number of nitro groups is 3. The number of nitrogens with zero attached hydrogens (tertiary/aromatic N) is 4. The summed E-state index contributed by atoms with van der Waals surface area (Å²) in [4.78, 5) is 69.3. The fourth-order valence-corrected chi connectivity index (χ4v) is 3.77. The zero-order chi connectivity index (χ0) is 31.0. The smallest absolute Gasteiger partial charge is 0.480 e. The Bertz CT molecular complexity index is 1350. The molecule has 0 saturated carbocycles. The van der Waals surface area contributed by atoms with E-state index in [4.69, 9.17) is 0 Å². The molecular formula is C22H25BN6O12. The highest BCUT2D eigenvalue weighted by molar-refractivity contribution is 6.58. The van der Waals surface area contributed by atoms with Crippen LogP contribution in [0.5, 0.6) is 0 Å². The number of anilines is 1. The summed E-state index contributed by atoms with van der Waals surface area (Å²) in [6, 6.07) is 3.02. The molecule has 2 aromatic carbocycles. The van der Waals surface area contributed by atoms with E-state index in [0.29, 0.717) is 0 Å². The lowest BCUT2D eigenvalue weighted by molar-refractivity contribution is -0.392. The predicted molar refractivity (Wildman–Crippen MR) is 142 cm³/mol. The van der Waals surface area contributed by atoms with E-state index in [1.54, 1.807) is 0 Å². The molecule has 0 fully saturated rings. The summed E-state index contributed by atoms with van der Waals surface area (Å²) < 4.78 is 0. The van der Waals surface area contributed by atoms with Crippen LogP contribution in [0.4, 0.5) is 22.7 Å². The number of carboxylic acids is 1. The van der Waals surface area contributed by atoms with E-state index in [-0.39, 0.29) is 48.1 Å². The number of hydrogen-bond acceptors (Lipinski definition) is 12. The van der Waals surface area contributed by atoms with Crippen molar-refractivity contribution in [2.75, 3.05) is 25.5 Å². The summed E-state index contributed by atoms with van der Waals surface area (Å²) >= 11 is 0. The van der Waals surface area contributed by atoms with Crippen LogP contribution in [-0.4, -0.2) is 81.5 Å². The third kappa shape index (κ3) is 8.41. The first-order valence-electron chi connectivity index (χ1n) is 11.8. The monoisotopic (exact) mass is 576 g/mol. The maximum atomic E-state index is 12.5. The Kier molecular flexibility index (Phi) is 10.8. The molecule has 0 saturated heterocycles. The van der Waals surface area contributed by atoms with E-state index >= 15 is 0 Å². The molecule has 2 aromatic rings. The Morgan fingerprint density at radius 3 is 1.90 bits per heavy atom. The summed E-state index contributed by atoms with van der Waals surface area (Å²) in [5.41, 5.74) is -3.22. The predicted octanol–water partition coefficient (Wildman–Crippen LogP) is -0.0597. The molecule has 0 aliphatic heterocycles. The average molecular weight is 576 g/mol. The molecule has 2 amide bonds. The molecular weight excluding hydrogens is 551 g/mol. The van der Waals surface area contributed by atoms with Crippen molar-refractivity contribution >= 4 is 53.1 Å². The van der Waals surface area contributed by atoms with Gasteiger partial charge in [0.1, 0.15) is 6.04 Å². The van der Waals surface area contributed by atoms with Crippen molar-refractivity contribution in [1.82, 2.24) is 10.6 Å². The second kappa shape index (κ2) is 13.8. The maximum absolute atomic E-state index is 12.5. The zero-order valence-electron chi connectivity index (χ0n) is 21.7. The summed E-state index contributed by atoms with van der Waals surface area (Å²) in [7, 11) is 0.639. The Balaban J connectivity index is 2.04. The molecule has 0 aromatic heterocycles. The lowest BCUT2D eigenvalue weighted by Gasteiger charge is -2.15. The molecule has 218 valence electrons. The van der Waals surface area contributed by atoms with Gasteiger partial charge in [-0.3, -0.25) is 39.9 Å². The number of nitro benzene ring substituents is 3.